The van der Waals surface area contributed by atoms with Crippen LogP contribution in [0.4, 0.5) is 0 Å². The van der Waals surface area contributed by atoms with Crippen LogP contribution in [0.3, 0.4) is 0 Å². The molecule has 1 fully saturated rings. The van der Waals surface area contributed by atoms with E-state index in [1.54, 1.807) is 0 Å². The minimum absolute atomic E-state index is 0.731. The topological polar surface area (TPSA) is 42.7 Å². The van der Waals surface area contributed by atoms with Gasteiger partial charge < -0.3 is 5.32 Å². The van der Waals surface area contributed by atoms with E-state index in [4.69, 9.17) is 0 Å². The smallest absolute Gasteiger partial charge is 0.0796 e. The lowest BCUT2D eigenvalue weighted by Gasteiger charge is -2.22. The van der Waals surface area contributed by atoms with Crippen LogP contribution in [-0.4, -0.2) is 28.1 Å². The quantitative estimate of drug-likeness (QED) is 0.724. The second-order valence-corrected chi connectivity index (χ2v) is 3.79. The highest BCUT2D eigenvalue weighted by Gasteiger charge is 2.13. The molecule has 0 amide bonds. The highest BCUT2D eigenvalue weighted by molar-refractivity contribution is 4.87. The van der Waals surface area contributed by atoms with Crippen molar-refractivity contribution in [3.05, 3.63) is 11.9 Å². The van der Waals surface area contributed by atoms with Crippen LogP contribution < -0.4 is 5.32 Å². The van der Waals surface area contributed by atoms with Crippen LogP contribution in [0.1, 0.15) is 18.5 Å². The first-order valence-electron chi connectivity index (χ1n) is 4.92. The fourth-order valence-corrected chi connectivity index (χ4v) is 1.83. The molecule has 2 heterocycles. The van der Waals surface area contributed by atoms with Gasteiger partial charge in [0.2, 0.25) is 0 Å². The fourth-order valence-electron chi connectivity index (χ4n) is 1.83. The van der Waals surface area contributed by atoms with E-state index in [2.05, 4.69) is 15.6 Å². The predicted octanol–water partition coefficient (Wildman–Crippen LogP) is 0.586. The molecule has 1 aliphatic rings. The molecule has 0 aliphatic carbocycles. The SMILES string of the molecule is Cc1cn(CC2CCCNC2)nn1. The van der Waals surface area contributed by atoms with Crippen molar-refractivity contribution in [2.45, 2.75) is 26.3 Å². The summed E-state index contributed by atoms with van der Waals surface area (Å²) >= 11 is 0. The van der Waals surface area contributed by atoms with Crippen LogP contribution in [0.5, 0.6) is 0 Å². The summed E-state index contributed by atoms with van der Waals surface area (Å²) in [5.74, 6) is 0.731. The summed E-state index contributed by atoms with van der Waals surface area (Å²) in [5, 5.41) is 11.4. The molecule has 1 aliphatic heterocycles. The van der Waals surface area contributed by atoms with Gasteiger partial charge in [-0.1, -0.05) is 5.21 Å². The molecule has 1 unspecified atom stereocenters. The molecule has 13 heavy (non-hydrogen) atoms. The van der Waals surface area contributed by atoms with Crippen molar-refractivity contribution >= 4 is 0 Å². The third-order valence-corrected chi connectivity index (χ3v) is 2.50. The minimum atomic E-state index is 0.731. The molecule has 0 aromatic carbocycles. The number of nitrogens with zero attached hydrogens (tertiary/aromatic N) is 3. The van der Waals surface area contributed by atoms with E-state index in [0.717, 1.165) is 24.7 Å². The van der Waals surface area contributed by atoms with Crippen LogP contribution in [0.15, 0.2) is 6.20 Å². The number of hydrogen-bond donors (Lipinski definition) is 1. The second kappa shape index (κ2) is 3.87. The highest BCUT2D eigenvalue weighted by Crippen LogP contribution is 2.11. The molecule has 1 aromatic rings. The van der Waals surface area contributed by atoms with Crippen molar-refractivity contribution in [2.75, 3.05) is 13.1 Å². The van der Waals surface area contributed by atoms with Gasteiger partial charge in [0.25, 0.3) is 0 Å². The summed E-state index contributed by atoms with van der Waals surface area (Å²) in [5.41, 5.74) is 1.00. The third kappa shape index (κ3) is 2.28. The maximum absolute atomic E-state index is 4.05. The maximum Gasteiger partial charge on any atom is 0.0796 e. The van der Waals surface area contributed by atoms with Crippen molar-refractivity contribution in [3.63, 3.8) is 0 Å². The Morgan fingerprint density at radius 2 is 2.62 bits per heavy atom. The van der Waals surface area contributed by atoms with Gasteiger partial charge in [-0.2, -0.15) is 0 Å². The molecule has 72 valence electrons. The van der Waals surface area contributed by atoms with Crippen LogP contribution in [0, 0.1) is 12.8 Å². The van der Waals surface area contributed by atoms with E-state index in [0.29, 0.717) is 0 Å². The standard InChI is InChI=1S/C9H16N4/c1-8-6-13(12-11-8)7-9-3-2-4-10-5-9/h6,9-10H,2-5,7H2,1H3. The average molecular weight is 180 g/mol. The molecule has 1 aromatic heterocycles. The van der Waals surface area contributed by atoms with Gasteiger partial charge in [-0.25, -0.2) is 0 Å². The molecule has 0 bridgehead atoms. The predicted molar refractivity (Wildman–Crippen MR) is 50.4 cm³/mol. The van der Waals surface area contributed by atoms with Crippen molar-refractivity contribution in [1.82, 2.24) is 20.3 Å². The number of rotatable bonds is 2. The second-order valence-electron chi connectivity index (χ2n) is 3.79. The number of aryl methyl sites for hydroxylation is 1. The van der Waals surface area contributed by atoms with Crippen molar-refractivity contribution in [1.29, 1.82) is 0 Å². The zero-order valence-corrected chi connectivity index (χ0v) is 8.03. The Morgan fingerprint density at radius 3 is 3.23 bits per heavy atom. The van der Waals surface area contributed by atoms with E-state index in [1.807, 2.05) is 17.8 Å². The van der Waals surface area contributed by atoms with E-state index < -0.39 is 0 Å². The molecule has 4 heteroatoms. The lowest BCUT2D eigenvalue weighted by atomic mass is 10.00. The number of nitrogens with one attached hydrogen (secondary N) is 1. The third-order valence-electron chi connectivity index (χ3n) is 2.50. The van der Waals surface area contributed by atoms with E-state index in [-0.39, 0.29) is 0 Å². The van der Waals surface area contributed by atoms with Crippen molar-refractivity contribution < 1.29 is 0 Å². The first kappa shape index (κ1) is 8.69. The molecule has 0 saturated carbocycles. The summed E-state index contributed by atoms with van der Waals surface area (Å²) in [6.07, 6.45) is 4.61. The molecule has 0 radical (unpaired) electrons. The minimum Gasteiger partial charge on any atom is -0.316 e. The summed E-state index contributed by atoms with van der Waals surface area (Å²) < 4.78 is 1.95. The van der Waals surface area contributed by atoms with Gasteiger partial charge in [0, 0.05) is 12.7 Å². The largest absolute Gasteiger partial charge is 0.316 e. The Balaban J connectivity index is 1.89. The lowest BCUT2D eigenvalue weighted by molar-refractivity contribution is 0.322. The Labute approximate surface area is 78.3 Å². The zero-order chi connectivity index (χ0) is 9.10. The van der Waals surface area contributed by atoms with Crippen molar-refractivity contribution in [2.24, 2.45) is 5.92 Å². The van der Waals surface area contributed by atoms with Crippen LogP contribution in [-0.2, 0) is 6.54 Å². The average Bonchev–Trinajstić information content (AvgIpc) is 2.53. The molecular weight excluding hydrogens is 164 g/mol. The van der Waals surface area contributed by atoms with Crippen LogP contribution in [0.25, 0.3) is 0 Å². The van der Waals surface area contributed by atoms with E-state index >= 15 is 0 Å². The summed E-state index contributed by atoms with van der Waals surface area (Å²) in [6.45, 7) is 5.28. The Hall–Kier alpha value is -0.900. The normalized spacial score (nSPS) is 23.3. The van der Waals surface area contributed by atoms with E-state index in [1.165, 1.54) is 19.4 Å². The lowest BCUT2D eigenvalue weighted by Crippen LogP contribution is -2.32. The number of hydrogen-bond acceptors (Lipinski definition) is 3. The summed E-state index contributed by atoms with van der Waals surface area (Å²) in [4.78, 5) is 0. The van der Waals surface area contributed by atoms with Gasteiger partial charge >= 0.3 is 0 Å². The highest BCUT2D eigenvalue weighted by atomic mass is 15.4. The van der Waals surface area contributed by atoms with Gasteiger partial charge in [0.15, 0.2) is 0 Å². The maximum atomic E-state index is 4.05. The van der Waals surface area contributed by atoms with Gasteiger partial charge in [-0.05, 0) is 38.8 Å². The molecule has 1 saturated heterocycles. The Bertz CT molecular complexity index is 262. The zero-order valence-electron chi connectivity index (χ0n) is 8.03. The Kier molecular flexibility index (Phi) is 2.59. The first-order chi connectivity index (χ1) is 6.34. The van der Waals surface area contributed by atoms with Gasteiger partial charge in [-0.15, -0.1) is 5.10 Å². The van der Waals surface area contributed by atoms with Gasteiger partial charge in [0.1, 0.15) is 0 Å². The van der Waals surface area contributed by atoms with Crippen LogP contribution in [0.2, 0.25) is 0 Å². The molecule has 4 nitrogen and oxygen atoms in total. The number of piperidine rings is 1. The Morgan fingerprint density at radius 1 is 1.69 bits per heavy atom. The summed E-state index contributed by atoms with van der Waals surface area (Å²) in [6, 6.07) is 0. The fraction of sp³-hybridized carbons (Fsp3) is 0.778. The number of aromatic nitrogens is 3. The van der Waals surface area contributed by atoms with Crippen molar-refractivity contribution in [3.8, 4) is 0 Å². The first-order valence-corrected chi connectivity index (χ1v) is 4.92. The van der Waals surface area contributed by atoms with Gasteiger partial charge in [-0.3, -0.25) is 4.68 Å². The molecular formula is C9H16N4. The molecule has 1 N–H and O–H groups in total. The van der Waals surface area contributed by atoms with Gasteiger partial charge in [0.05, 0.1) is 5.69 Å². The molecule has 2 rings (SSSR count). The monoisotopic (exact) mass is 180 g/mol. The molecule has 0 spiro atoms. The van der Waals surface area contributed by atoms with E-state index in [9.17, 15) is 0 Å². The van der Waals surface area contributed by atoms with Crippen LogP contribution >= 0.6 is 0 Å². The summed E-state index contributed by atoms with van der Waals surface area (Å²) in [7, 11) is 0. The molecule has 1 atom stereocenters.